The monoisotopic (exact) mass is 226 g/mol. The van der Waals surface area contributed by atoms with Crippen molar-refractivity contribution in [2.24, 2.45) is 11.8 Å². The minimum Gasteiger partial charge on any atom is -0.468 e. The lowest BCUT2D eigenvalue weighted by Gasteiger charge is -2.32. The van der Waals surface area contributed by atoms with E-state index in [0.717, 1.165) is 18.9 Å². The highest BCUT2D eigenvalue weighted by Gasteiger charge is 2.35. The van der Waals surface area contributed by atoms with Gasteiger partial charge in [-0.25, -0.2) is 0 Å². The Labute approximate surface area is 97.3 Å². The SMILES string of the molecule is COC(=O)C1CC(C2CCN(C)CC2)CN1. The summed E-state index contributed by atoms with van der Waals surface area (Å²) in [5.41, 5.74) is 0. The van der Waals surface area contributed by atoms with Crippen molar-refractivity contribution in [3.8, 4) is 0 Å². The molecule has 1 N–H and O–H groups in total. The summed E-state index contributed by atoms with van der Waals surface area (Å²) in [6, 6.07) is -0.0605. The number of esters is 1. The smallest absolute Gasteiger partial charge is 0.322 e. The topological polar surface area (TPSA) is 41.6 Å². The van der Waals surface area contributed by atoms with Crippen LogP contribution in [0.1, 0.15) is 19.3 Å². The molecule has 16 heavy (non-hydrogen) atoms. The average Bonchev–Trinajstić information content (AvgIpc) is 2.78. The van der Waals surface area contributed by atoms with Gasteiger partial charge in [-0.2, -0.15) is 0 Å². The van der Waals surface area contributed by atoms with E-state index in [1.165, 1.54) is 33.0 Å². The Balaban J connectivity index is 1.82. The van der Waals surface area contributed by atoms with Gasteiger partial charge in [0.2, 0.25) is 0 Å². The minimum absolute atomic E-state index is 0.0605. The molecule has 0 saturated carbocycles. The van der Waals surface area contributed by atoms with Gasteiger partial charge in [0.15, 0.2) is 0 Å². The molecule has 0 aromatic rings. The van der Waals surface area contributed by atoms with E-state index in [-0.39, 0.29) is 12.0 Å². The van der Waals surface area contributed by atoms with E-state index in [0.29, 0.717) is 5.92 Å². The molecule has 92 valence electrons. The largest absolute Gasteiger partial charge is 0.468 e. The number of nitrogens with zero attached hydrogens (tertiary/aromatic N) is 1. The van der Waals surface area contributed by atoms with E-state index in [9.17, 15) is 4.79 Å². The second kappa shape index (κ2) is 5.15. The van der Waals surface area contributed by atoms with Crippen molar-refractivity contribution in [3.63, 3.8) is 0 Å². The van der Waals surface area contributed by atoms with Crippen LogP contribution in [0.3, 0.4) is 0 Å². The molecular weight excluding hydrogens is 204 g/mol. The van der Waals surface area contributed by atoms with Crippen LogP contribution < -0.4 is 5.32 Å². The van der Waals surface area contributed by atoms with Crippen LogP contribution >= 0.6 is 0 Å². The van der Waals surface area contributed by atoms with Gasteiger partial charge in [-0.3, -0.25) is 4.79 Å². The molecule has 2 aliphatic heterocycles. The van der Waals surface area contributed by atoms with Crippen LogP contribution in [-0.4, -0.2) is 50.7 Å². The van der Waals surface area contributed by atoms with Crippen LogP contribution in [0.2, 0.25) is 0 Å². The Hall–Kier alpha value is -0.610. The Morgan fingerprint density at radius 3 is 2.62 bits per heavy atom. The summed E-state index contributed by atoms with van der Waals surface area (Å²) in [5, 5.41) is 3.28. The number of carbonyl (C=O) groups excluding carboxylic acids is 1. The number of methoxy groups -OCH3 is 1. The first-order valence-electron chi connectivity index (χ1n) is 6.20. The third kappa shape index (κ3) is 2.55. The van der Waals surface area contributed by atoms with Gasteiger partial charge < -0.3 is 15.0 Å². The van der Waals surface area contributed by atoms with Crippen LogP contribution in [-0.2, 0) is 9.53 Å². The van der Waals surface area contributed by atoms with Crippen LogP contribution in [0.5, 0.6) is 0 Å². The number of carbonyl (C=O) groups is 1. The summed E-state index contributed by atoms with van der Waals surface area (Å²) in [6.07, 6.45) is 3.51. The van der Waals surface area contributed by atoms with Crippen molar-refractivity contribution >= 4 is 5.97 Å². The number of likely N-dealkylation sites (tertiary alicyclic amines) is 1. The quantitative estimate of drug-likeness (QED) is 0.695. The summed E-state index contributed by atoms with van der Waals surface area (Å²) in [6.45, 7) is 3.38. The van der Waals surface area contributed by atoms with Crippen molar-refractivity contribution in [1.82, 2.24) is 10.2 Å². The molecule has 4 nitrogen and oxygen atoms in total. The molecule has 4 heteroatoms. The molecular formula is C12H22N2O2. The van der Waals surface area contributed by atoms with Crippen LogP contribution in [0.15, 0.2) is 0 Å². The maximum atomic E-state index is 11.4. The zero-order valence-electron chi connectivity index (χ0n) is 10.2. The van der Waals surface area contributed by atoms with Crippen LogP contribution in [0.4, 0.5) is 0 Å². The first kappa shape index (κ1) is 11.9. The third-order valence-electron chi connectivity index (χ3n) is 4.08. The van der Waals surface area contributed by atoms with Crippen LogP contribution in [0, 0.1) is 11.8 Å². The summed E-state index contributed by atoms with van der Waals surface area (Å²) >= 11 is 0. The minimum atomic E-state index is -0.101. The van der Waals surface area contributed by atoms with Gasteiger partial charge in [0, 0.05) is 0 Å². The van der Waals surface area contributed by atoms with Gasteiger partial charge in [-0.05, 0) is 57.8 Å². The predicted octanol–water partition coefficient (Wildman–Crippen LogP) is 0.479. The Morgan fingerprint density at radius 1 is 1.31 bits per heavy atom. The fourth-order valence-corrected chi connectivity index (χ4v) is 2.94. The maximum absolute atomic E-state index is 11.4. The molecule has 0 bridgehead atoms. The number of rotatable bonds is 2. The van der Waals surface area contributed by atoms with Gasteiger partial charge in [0.25, 0.3) is 0 Å². The normalized spacial score (nSPS) is 32.9. The first-order valence-corrected chi connectivity index (χ1v) is 6.20. The average molecular weight is 226 g/mol. The van der Waals surface area contributed by atoms with E-state index in [1.54, 1.807) is 0 Å². The number of nitrogens with one attached hydrogen (secondary N) is 1. The van der Waals surface area contributed by atoms with Gasteiger partial charge in [0.1, 0.15) is 6.04 Å². The second-order valence-corrected chi connectivity index (χ2v) is 5.12. The Morgan fingerprint density at radius 2 is 2.00 bits per heavy atom. The molecule has 2 saturated heterocycles. The first-order chi connectivity index (χ1) is 7.70. The standard InChI is InChI=1S/C12H22N2O2/c1-14-5-3-9(4-6-14)10-7-11(13-8-10)12(15)16-2/h9-11,13H,3-8H2,1-2H3. The number of hydrogen-bond acceptors (Lipinski definition) is 4. The highest BCUT2D eigenvalue weighted by Crippen LogP contribution is 2.30. The molecule has 2 fully saturated rings. The van der Waals surface area contributed by atoms with E-state index >= 15 is 0 Å². The molecule has 2 heterocycles. The van der Waals surface area contributed by atoms with Crippen LogP contribution in [0.25, 0.3) is 0 Å². The van der Waals surface area contributed by atoms with Crippen molar-refractivity contribution in [3.05, 3.63) is 0 Å². The van der Waals surface area contributed by atoms with E-state index in [4.69, 9.17) is 4.74 Å². The fourth-order valence-electron chi connectivity index (χ4n) is 2.94. The molecule has 2 unspecified atom stereocenters. The predicted molar refractivity (Wildman–Crippen MR) is 62.1 cm³/mol. The molecule has 0 aromatic carbocycles. The summed E-state index contributed by atoms with van der Waals surface area (Å²) < 4.78 is 4.78. The van der Waals surface area contributed by atoms with Gasteiger partial charge >= 0.3 is 5.97 Å². The highest BCUT2D eigenvalue weighted by molar-refractivity contribution is 5.76. The molecule has 0 aliphatic carbocycles. The van der Waals surface area contributed by atoms with Crippen molar-refractivity contribution in [2.45, 2.75) is 25.3 Å². The van der Waals surface area contributed by atoms with Gasteiger partial charge in [-0.1, -0.05) is 0 Å². The van der Waals surface area contributed by atoms with E-state index in [1.807, 2.05) is 0 Å². The zero-order chi connectivity index (χ0) is 11.5. The second-order valence-electron chi connectivity index (χ2n) is 5.12. The molecule has 0 amide bonds. The number of ether oxygens (including phenoxy) is 1. The lowest BCUT2D eigenvalue weighted by molar-refractivity contribution is -0.142. The van der Waals surface area contributed by atoms with E-state index in [2.05, 4.69) is 17.3 Å². The van der Waals surface area contributed by atoms with Crippen molar-refractivity contribution in [2.75, 3.05) is 33.8 Å². The Kier molecular flexibility index (Phi) is 3.82. The lowest BCUT2D eigenvalue weighted by Crippen LogP contribution is -2.33. The van der Waals surface area contributed by atoms with Crippen molar-refractivity contribution < 1.29 is 9.53 Å². The molecule has 0 radical (unpaired) electrons. The van der Waals surface area contributed by atoms with Gasteiger partial charge in [-0.15, -0.1) is 0 Å². The summed E-state index contributed by atoms with van der Waals surface area (Å²) in [4.78, 5) is 13.8. The summed E-state index contributed by atoms with van der Waals surface area (Å²) in [7, 11) is 3.65. The number of piperidine rings is 1. The lowest BCUT2D eigenvalue weighted by atomic mass is 9.83. The molecule has 0 spiro atoms. The van der Waals surface area contributed by atoms with Crippen molar-refractivity contribution in [1.29, 1.82) is 0 Å². The molecule has 2 atom stereocenters. The maximum Gasteiger partial charge on any atom is 0.322 e. The highest BCUT2D eigenvalue weighted by atomic mass is 16.5. The zero-order valence-corrected chi connectivity index (χ0v) is 10.2. The molecule has 0 aromatic heterocycles. The van der Waals surface area contributed by atoms with Gasteiger partial charge in [0.05, 0.1) is 7.11 Å². The molecule has 2 rings (SSSR count). The van der Waals surface area contributed by atoms with E-state index < -0.39 is 0 Å². The Bertz CT molecular complexity index is 249. The fraction of sp³-hybridized carbons (Fsp3) is 0.917. The third-order valence-corrected chi connectivity index (χ3v) is 4.08. The molecule has 2 aliphatic rings. The summed E-state index contributed by atoms with van der Waals surface area (Å²) in [5.74, 6) is 1.35. The number of hydrogen-bond donors (Lipinski definition) is 1.